The lowest BCUT2D eigenvalue weighted by Gasteiger charge is -2.09. The predicted octanol–water partition coefficient (Wildman–Crippen LogP) is 1.98. The van der Waals surface area contributed by atoms with E-state index in [1.807, 2.05) is 0 Å². The Labute approximate surface area is 112 Å². The maximum atomic E-state index is 11.9. The van der Waals surface area contributed by atoms with E-state index in [4.69, 9.17) is 4.74 Å². The van der Waals surface area contributed by atoms with Gasteiger partial charge in [0.25, 0.3) is 0 Å². The Morgan fingerprint density at radius 1 is 1.21 bits per heavy atom. The number of hydrogen-bond donors (Lipinski definition) is 2. The van der Waals surface area contributed by atoms with E-state index in [-0.39, 0.29) is 42.0 Å². The summed E-state index contributed by atoms with van der Waals surface area (Å²) in [6.07, 6.45) is 0. The van der Waals surface area contributed by atoms with E-state index in [0.717, 1.165) is 0 Å². The van der Waals surface area contributed by atoms with Crippen molar-refractivity contribution >= 4 is 23.7 Å². The summed E-state index contributed by atoms with van der Waals surface area (Å²) in [4.78, 5) is 11.8. The maximum absolute atomic E-state index is 11.9. The molecule has 108 valence electrons. The highest BCUT2D eigenvalue weighted by molar-refractivity contribution is 8.00. The highest BCUT2D eigenvalue weighted by Crippen LogP contribution is 2.29. The van der Waals surface area contributed by atoms with Crippen LogP contribution in [0.25, 0.3) is 0 Å². The van der Waals surface area contributed by atoms with Crippen LogP contribution in [0, 0.1) is 0 Å². The first-order valence-corrected chi connectivity index (χ1v) is 6.44. The Morgan fingerprint density at radius 3 is 2.47 bits per heavy atom. The number of aromatic nitrogens is 3. The van der Waals surface area contributed by atoms with E-state index < -0.39 is 5.51 Å². The summed E-state index contributed by atoms with van der Waals surface area (Å²) in [7, 11) is 1.62. The third-order valence-corrected chi connectivity index (χ3v) is 2.50. The van der Waals surface area contributed by atoms with Crippen molar-refractivity contribution < 1.29 is 17.9 Å². The number of nitrogens with one attached hydrogen (secondary N) is 2. The Morgan fingerprint density at radius 2 is 1.89 bits per heavy atom. The van der Waals surface area contributed by atoms with Crippen molar-refractivity contribution in [2.75, 3.05) is 36.6 Å². The van der Waals surface area contributed by atoms with E-state index in [0.29, 0.717) is 6.61 Å². The van der Waals surface area contributed by atoms with Gasteiger partial charge in [0, 0.05) is 19.3 Å². The molecule has 2 N–H and O–H groups in total. The molecule has 19 heavy (non-hydrogen) atoms. The first kappa shape index (κ1) is 15.6. The quantitative estimate of drug-likeness (QED) is 0.745. The van der Waals surface area contributed by atoms with Crippen molar-refractivity contribution in [2.24, 2.45) is 0 Å². The minimum Gasteiger partial charge on any atom is -0.464 e. The van der Waals surface area contributed by atoms with Crippen molar-refractivity contribution in [3.05, 3.63) is 0 Å². The molecule has 6 nitrogen and oxygen atoms in total. The number of thioether (sulfide) groups is 1. The number of ether oxygens (including phenoxy) is 1. The molecule has 1 rings (SSSR count). The van der Waals surface area contributed by atoms with Gasteiger partial charge >= 0.3 is 11.5 Å². The van der Waals surface area contributed by atoms with Crippen LogP contribution in [0.4, 0.5) is 25.1 Å². The monoisotopic (exact) mass is 297 g/mol. The van der Waals surface area contributed by atoms with Gasteiger partial charge in [0.1, 0.15) is 0 Å². The highest BCUT2D eigenvalue weighted by atomic mass is 32.2. The lowest BCUT2D eigenvalue weighted by molar-refractivity contribution is -0.0327. The van der Waals surface area contributed by atoms with Crippen LogP contribution in [0.3, 0.4) is 0 Å². The summed E-state index contributed by atoms with van der Waals surface area (Å²) >= 11 is -0.103. The number of alkyl halides is 3. The van der Waals surface area contributed by atoms with Crippen LogP contribution in [-0.2, 0) is 0 Å². The predicted molar refractivity (Wildman–Crippen MR) is 67.5 cm³/mol. The average molecular weight is 297 g/mol. The molecule has 0 aliphatic rings. The second kappa shape index (κ2) is 7.22. The van der Waals surface area contributed by atoms with Gasteiger partial charge in [-0.15, -0.1) is 0 Å². The smallest absolute Gasteiger partial charge is 0.441 e. The minimum absolute atomic E-state index is 0.0862. The largest absolute Gasteiger partial charge is 0.464 e. The lowest BCUT2D eigenvalue weighted by Crippen LogP contribution is -2.13. The van der Waals surface area contributed by atoms with E-state index in [1.165, 1.54) is 0 Å². The Bertz CT molecular complexity index is 404. The van der Waals surface area contributed by atoms with Gasteiger partial charge in [-0.25, -0.2) is 0 Å². The fourth-order valence-electron chi connectivity index (χ4n) is 1.07. The maximum Gasteiger partial charge on any atom is 0.441 e. The molecule has 0 unspecified atom stereocenters. The number of halogens is 3. The van der Waals surface area contributed by atoms with Crippen LogP contribution >= 0.6 is 11.8 Å². The van der Waals surface area contributed by atoms with Crippen LogP contribution in [0.1, 0.15) is 6.92 Å². The summed E-state index contributed by atoms with van der Waals surface area (Å²) in [5, 5.41) is 5.40. The number of nitrogens with zero attached hydrogens (tertiary/aromatic N) is 3. The molecule has 0 amide bonds. The summed E-state index contributed by atoms with van der Waals surface area (Å²) < 4.78 is 40.9. The van der Waals surface area contributed by atoms with Crippen LogP contribution in [-0.4, -0.2) is 46.4 Å². The molecule has 1 heterocycles. The Kier molecular flexibility index (Phi) is 5.93. The van der Waals surface area contributed by atoms with Crippen molar-refractivity contribution in [1.29, 1.82) is 0 Å². The van der Waals surface area contributed by atoms with E-state index in [2.05, 4.69) is 25.6 Å². The van der Waals surface area contributed by atoms with Crippen molar-refractivity contribution in [1.82, 2.24) is 15.0 Å². The molecule has 1 aromatic heterocycles. The van der Waals surface area contributed by atoms with Crippen LogP contribution in [0.5, 0.6) is 6.01 Å². The van der Waals surface area contributed by atoms with Crippen LogP contribution in [0.15, 0.2) is 0 Å². The molecule has 0 spiro atoms. The van der Waals surface area contributed by atoms with Gasteiger partial charge in [0.2, 0.25) is 11.9 Å². The molecule has 1 aromatic rings. The van der Waals surface area contributed by atoms with Crippen molar-refractivity contribution in [2.45, 2.75) is 12.4 Å². The van der Waals surface area contributed by atoms with Crippen LogP contribution in [0.2, 0.25) is 0 Å². The molecule has 0 aliphatic heterocycles. The molecule has 0 radical (unpaired) electrons. The highest BCUT2D eigenvalue weighted by Gasteiger charge is 2.27. The molecule has 0 bridgehead atoms. The standard InChI is InChI=1S/C9H14F3N5OS/c1-3-18-8-16-6(13-2)15-7(17-8)14-4-5-19-9(10,11)12/h3-5H2,1-2H3,(H2,13,14,15,16,17). The summed E-state index contributed by atoms with van der Waals surface area (Å²) in [5.74, 6) is 0.323. The fraction of sp³-hybridized carbons (Fsp3) is 0.667. The molecule has 10 heteroatoms. The number of rotatable bonds is 7. The van der Waals surface area contributed by atoms with Crippen molar-refractivity contribution in [3.8, 4) is 6.01 Å². The summed E-state index contributed by atoms with van der Waals surface area (Å²) in [6.45, 7) is 2.25. The third-order valence-electron chi connectivity index (χ3n) is 1.76. The molecule has 0 saturated heterocycles. The SMILES string of the molecule is CCOc1nc(NC)nc(NCCSC(F)(F)F)n1. The number of hydrogen-bond acceptors (Lipinski definition) is 7. The zero-order valence-corrected chi connectivity index (χ0v) is 11.2. The van der Waals surface area contributed by atoms with E-state index in [9.17, 15) is 13.2 Å². The van der Waals surface area contributed by atoms with E-state index >= 15 is 0 Å². The van der Waals surface area contributed by atoms with Gasteiger partial charge in [-0.2, -0.15) is 28.1 Å². The molecule has 0 atom stereocenters. The Hall–Kier alpha value is -1.45. The second-order valence-electron chi connectivity index (χ2n) is 3.17. The van der Waals surface area contributed by atoms with Crippen LogP contribution < -0.4 is 15.4 Å². The molecule has 0 saturated carbocycles. The molecule has 0 aliphatic carbocycles. The molecule has 0 fully saturated rings. The molecular formula is C9H14F3N5OS. The zero-order valence-electron chi connectivity index (χ0n) is 10.4. The van der Waals surface area contributed by atoms with Gasteiger partial charge in [0.05, 0.1) is 6.61 Å². The third kappa shape index (κ3) is 6.32. The first-order chi connectivity index (χ1) is 8.94. The summed E-state index contributed by atoms with van der Waals surface area (Å²) in [5.41, 5.74) is -4.23. The second-order valence-corrected chi connectivity index (χ2v) is 4.33. The topological polar surface area (TPSA) is 72.0 Å². The Balaban J connectivity index is 2.54. The van der Waals surface area contributed by atoms with Gasteiger partial charge in [-0.05, 0) is 18.7 Å². The first-order valence-electron chi connectivity index (χ1n) is 5.45. The summed E-state index contributed by atoms with van der Waals surface area (Å²) in [6, 6.07) is 0.118. The normalized spacial score (nSPS) is 11.2. The zero-order chi connectivity index (χ0) is 14.3. The fourth-order valence-corrected chi connectivity index (χ4v) is 1.51. The molecule has 0 aromatic carbocycles. The van der Waals surface area contributed by atoms with Gasteiger partial charge in [0.15, 0.2) is 0 Å². The average Bonchev–Trinajstić information content (AvgIpc) is 2.34. The number of anilines is 2. The van der Waals surface area contributed by atoms with Gasteiger partial charge < -0.3 is 15.4 Å². The van der Waals surface area contributed by atoms with E-state index in [1.54, 1.807) is 14.0 Å². The van der Waals surface area contributed by atoms with Gasteiger partial charge in [-0.1, -0.05) is 0 Å². The van der Waals surface area contributed by atoms with Gasteiger partial charge in [-0.3, -0.25) is 0 Å². The minimum atomic E-state index is -4.23. The lowest BCUT2D eigenvalue weighted by atomic mass is 10.7. The van der Waals surface area contributed by atoms with Crippen molar-refractivity contribution in [3.63, 3.8) is 0 Å². The molecular weight excluding hydrogens is 283 g/mol.